The predicted molar refractivity (Wildman–Crippen MR) is 80.0 cm³/mol. The average molecular weight is 312 g/mol. The molecule has 1 amide bonds. The first-order valence-electron chi connectivity index (χ1n) is 6.56. The highest BCUT2D eigenvalue weighted by Crippen LogP contribution is 2.45. The summed E-state index contributed by atoms with van der Waals surface area (Å²) in [4.78, 5) is 25.8. The number of fused-ring (bicyclic) bond motifs is 1. The summed E-state index contributed by atoms with van der Waals surface area (Å²) >= 11 is 6.18. The number of amides is 1. The van der Waals surface area contributed by atoms with Gasteiger partial charge in [0.15, 0.2) is 0 Å². The zero-order chi connectivity index (χ0) is 15.8. The monoisotopic (exact) mass is 311 g/mol. The zero-order valence-corrected chi connectivity index (χ0v) is 13.3. The normalized spacial score (nSPS) is 20.6. The van der Waals surface area contributed by atoms with Gasteiger partial charge in [0.25, 0.3) is 0 Å². The van der Waals surface area contributed by atoms with Crippen LogP contribution in [-0.2, 0) is 19.7 Å². The molecule has 1 atom stereocenters. The summed E-state index contributed by atoms with van der Waals surface area (Å²) in [5.74, 6) is -0.554. The fraction of sp³-hybridized carbons (Fsp3) is 0.467. The first kappa shape index (κ1) is 15.8. The van der Waals surface area contributed by atoms with Gasteiger partial charge < -0.3 is 14.4 Å². The Morgan fingerprint density at radius 1 is 1.38 bits per heavy atom. The fourth-order valence-corrected chi connectivity index (χ4v) is 2.93. The van der Waals surface area contributed by atoms with Gasteiger partial charge in [-0.25, -0.2) is 4.79 Å². The number of hydrogen-bond donors (Lipinski definition) is 0. The van der Waals surface area contributed by atoms with Gasteiger partial charge in [-0.2, -0.15) is 0 Å². The van der Waals surface area contributed by atoms with Crippen LogP contribution in [0.15, 0.2) is 12.1 Å². The van der Waals surface area contributed by atoms with Crippen LogP contribution >= 0.6 is 11.6 Å². The first-order chi connectivity index (χ1) is 9.86. The van der Waals surface area contributed by atoms with Gasteiger partial charge in [-0.3, -0.25) is 4.79 Å². The molecule has 0 aliphatic carbocycles. The van der Waals surface area contributed by atoms with Crippen molar-refractivity contribution in [2.75, 3.05) is 32.8 Å². The molecule has 0 aromatic heterocycles. The van der Waals surface area contributed by atoms with Crippen LogP contribution < -0.4 is 4.90 Å². The second kappa shape index (κ2) is 5.66. The van der Waals surface area contributed by atoms with Crippen molar-refractivity contribution in [2.24, 2.45) is 0 Å². The summed E-state index contributed by atoms with van der Waals surface area (Å²) in [6, 6.07) is 3.29. The van der Waals surface area contributed by atoms with Crippen molar-refractivity contribution in [1.82, 2.24) is 0 Å². The highest BCUT2D eigenvalue weighted by atomic mass is 35.5. The largest absolute Gasteiger partial charge is 0.465 e. The molecule has 0 saturated carbocycles. The number of likely N-dealkylation sites (N-methyl/N-ethyl adjacent to an activating group) is 1. The Kier molecular flexibility index (Phi) is 4.25. The van der Waals surface area contributed by atoms with E-state index in [1.807, 2.05) is 6.92 Å². The standard InChI is InChI=1S/C15H18ClNO4/c1-15(5-6-20-3)10-8-11(16)9(13(18)21-4)7-12(10)17(2)14(15)19/h7-8H,5-6H2,1-4H3. The minimum Gasteiger partial charge on any atom is -0.465 e. The number of benzene rings is 1. The number of nitrogens with zero attached hydrogens (tertiary/aromatic N) is 1. The molecular weight excluding hydrogens is 294 g/mol. The minimum absolute atomic E-state index is 0.0346. The van der Waals surface area contributed by atoms with Gasteiger partial charge in [0, 0.05) is 26.5 Å². The molecule has 21 heavy (non-hydrogen) atoms. The molecule has 0 saturated heterocycles. The molecule has 1 aliphatic rings. The van der Waals surface area contributed by atoms with Crippen molar-refractivity contribution in [3.63, 3.8) is 0 Å². The summed E-state index contributed by atoms with van der Waals surface area (Å²) in [5, 5.41) is 0.285. The van der Waals surface area contributed by atoms with Gasteiger partial charge in [-0.1, -0.05) is 11.6 Å². The van der Waals surface area contributed by atoms with Gasteiger partial charge in [0.05, 0.1) is 23.1 Å². The van der Waals surface area contributed by atoms with Gasteiger partial charge in [0.1, 0.15) is 0 Å². The van der Waals surface area contributed by atoms with Gasteiger partial charge >= 0.3 is 5.97 Å². The van der Waals surface area contributed by atoms with E-state index < -0.39 is 11.4 Å². The second-order valence-electron chi connectivity index (χ2n) is 5.28. The summed E-state index contributed by atoms with van der Waals surface area (Å²) < 4.78 is 9.81. The van der Waals surface area contributed by atoms with Gasteiger partial charge in [-0.05, 0) is 31.0 Å². The van der Waals surface area contributed by atoms with Crippen molar-refractivity contribution < 1.29 is 19.1 Å². The molecule has 1 aromatic carbocycles. The van der Waals surface area contributed by atoms with Crippen molar-refractivity contribution in [3.05, 3.63) is 28.3 Å². The summed E-state index contributed by atoms with van der Waals surface area (Å²) in [5.41, 5.74) is 1.06. The van der Waals surface area contributed by atoms with E-state index in [0.717, 1.165) is 5.56 Å². The lowest BCUT2D eigenvalue weighted by Crippen LogP contribution is -2.36. The highest BCUT2D eigenvalue weighted by molar-refractivity contribution is 6.34. The summed E-state index contributed by atoms with van der Waals surface area (Å²) in [7, 11) is 4.58. The SMILES string of the molecule is COCCC1(C)C(=O)N(C)c2cc(C(=O)OC)c(Cl)cc21. The van der Waals surface area contributed by atoms with Crippen LogP contribution in [0.2, 0.25) is 5.02 Å². The number of rotatable bonds is 4. The van der Waals surface area contributed by atoms with Crippen molar-refractivity contribution >= 4 is 29.2 Å². The number of methoxy groups -OCH3 is 2. The third-order valence-electron chi connectivity index (χ3n) is 4.03. The van der Waals surface area contributed by atoms with E-state index in [-0.39, 0.29) is 16.5 Å². The predicted octanol–water partition coefficient (Wildman–Crippen LogP) is 2.40. The molecule has 0 radical (unpaired) electrons. The summed E-state index contributed by atoms with van der Waals surface area (Å²) in [6.45, 7) is 2.33. The first-order valence-corrected chi connectivity index (χ1v) is 6.94. The maximum Gasteiger partial charge on any atom is 0.339 e. The van der Waals surface area contributed by atoms with E-state index in [4.69, 9.17) is 21.1 Å². The molecule has 0 fully saturated rings. The maximum atomic E-state index is 12.6. The number of hydrogen-bond acceptors (Lipinski definition) is 4. The third kappa shape index (κ3) is 2.40. The Balaban J connectivity index is 2.56. The lowest BCUT2D eigenvalue weighted by atomic mass is 9.80. The molecule has 2 rings (SSSR count). The maximum absolute atomic E-state index is 12.6. The molecule has 0 spiro atoms. The number of anilines is 1. The van der Waals surface area contributed by atoms with Crippen molar-refractivity contribution in [2.45, 2.75) is 18.8 Å². The topological polar surface area (TPSA) is 55.8 Å². The van der Waals surface area contributed by atoms with E-state index in [1.54, 1.807) is 31.2 Å². The van der Waals surface area contributed by atoms with Crippen LogP contribution in [0.4, 0.5) is 5.69 Å². The lowest BCUT2D eigenvalue weighted by molar-refractivity contribution is -0.123. The lowest BCUT2D eigenvalue weighted by Gasteiger charge is -2.22. The number of esters is 1. The molecule has 1 unspecified atom stereocenters. The Hall–Kier alpha value is -1.59. The van der Waals surface area contributed by atoms with Gasteiger partial charge in [0.2, 0.25) is 5.91 Å². The highest BCUT2D eigenvalue weighted by Gasteiger charge is 2.46. The Labute approximate surface area is 128 Å². The number of carbonyl (C=O) groups excluding carboxylic acids is 2. The molecule has 1 heterocycles. The smallest absolute Gasteiger partial charge is 0.339 e. The minimum atomic E-state index is -0.696. The van der Waals surface area contributed by atoms with E-state index in [0.29, 0.717) is 18.7 Å². The quantitative estimate of drug-likeness (QED) is 0.801. The van der Waals surface area contributed by atoms with E-state index >= 15 is 0 Å². The number of ether oxygens (including phenoxy) is 2. The van der Waals surface area contributed by atoms with Gasteiger partial charge in [-0.15, -0.1) is 0 Å². The van der Waals surface area contributed by atoms with E-state index in [1.165, 1.54) is 7.11 Å². The third-order valence-corrected chi connectivity index (χ3v) is 4.34. The Morgan fingerprint density at radius 2 is 2.05 bits per heavy atom. The number of halogens is 1. The van der Waals surface area contributed by atoms with Crippen LogP contribution in [-0.4, -0.2) is 39.8 Å². The molecule has 114 valence electrons. The van der Waals surface area contributed by atoms with E-state index in [9.17, 15) is 9.59 Å². The molecule has 0 N–H and O–H groups in total. The van der Waals surface area contributed by atoms with Crippen LogP contribution in [0.1, 0.15) is 29.3 Å². The van der Waals surface area contributed by atoms with Crippen molar-refractivity contribution in [1.29, 1.82) is 0 Å². The van der Waals surface area contributed by atoms with Crippen LogP contribution in [0.25, 0.3) is 0 Å². The number of carbonyl (C=O) groups is 2. The van der Waals surface area contributed by atoms with Crippen molar-refractivity contribution in [3.8, 4) is 0 Å². The Morgan fingerprint density at radius 3 is 2.62 bits per heavy atom. The van der Waals surface area contributed by atoms with Crippen LogP contribution in [0.3, 0.4) is 0 Å². The Bertz CT molecular complexity index is 602. The van der Waals surface area contributed by atoms with E-state index in [2.05, 4.69) is 0 Å². The molecule has 1 aliphatic heterocycles. The molecule has 5 nitrogen and oxygen atoms in total. The summed E-state index contributed by atoms with van der Waals surface area (Å²) in [6.07, 6.45) is 0.549. The zero-order valence-electron chi connectivity index (χ0n) is 12.5. The van der Waals surface area contributed by atoms with Crippen LogP contribution in [0, 0.1) is 0 Å². The fourth-order valence-electron chi connectivity index (χ4n) is 2.69. The molecule has 6 heteroatoms. The molecular formula is C15H18ClNO4. The molecule has 1 aromatic rings. The van der Waals surface area contributed by atoms with Crippen LogP contribution in [0.5, 0.6) is 0 Å². The second-order valence-corrected chi connectivity index (χ2v) is 5.69. The average Bonchev–Trinajstić information content (AvgIpc) is 2.66. The molecule has 0 bridgehead atoms.